The maximum absolute atomic E-state index is 6.56. The molecule has 3 aromatic heterocycles. The van der Waals surface area contributed by atoms with E-state index in [-0.39, 0.29) is 0 Å². The molecule has 14 aromatic rings. The summed E-state index contributed by atoms with van der Waals surface area (Å²) >= 11 is 0. The van der Waals surface area contributed by atoms with Crippen molar-refractivity contribution in [1.82, 2.24) is 19.5 Å². The van der Waals surface area contributed by atoms with E-state index in [9.17, 15) is 0 Å². The van der Waals surface area contributed by atoms with E-state index in [2.05, 4.69) is 223 Å². The van der Waals surface area contributed by atoms with E-state index in [0.717, 1.165) is 88.7 Å². The second-order valence-electron chi connectivity index (χ2n) is 18.0. The Bertz CT molecular complexity index is 4130. The van der Waals surface area contributed by atoms with Crippen LogP contribution in [0, 0.1) is 0 Å². The number of nitrogens with zero attached hydrogens (tertiary/aromatic N) is 4. The topological polar surface area (TPSA) is 56.7 Å². The van der Waals surface area contributed by atoms with Crippen LogP contribution in [-0.4, -0.2) is 19.5 Å². The maximum atomic E-state index is 6.56. The molecule has 0 N–H and O–H groups in total. The molecule has 0 aliphatic heterocycles. The van der Waals surface area contributed by atoms with Crippen LogP contribution in [0.4, 0.5) is 0 Å². The Hall–Kier alpha value is -9.45. The summed E-state index contributed by atoms with van der Waals surface area (Å²) in [5.74, 6) is 1.78. The highest BCUT2D eigenvalue weighted by atomic mass is 16.3. The van der Waals surface area contributed by atoms with Crippen LogP contribution in [0.5, 0.6) is 0 Å². The van der Waals surface area contributed by atoms with Gasteiger partial charge in [-0.05, 0) is 110 Å². The molecule has 0 saturated heterocycles. The average Bonchev–Trinajstić information content (AvgIpc) is 3.96. The molecule has 70 heavy (non-hydrogen) atoms. The van der Waals surface area contributed by atoms with Gasteiger partial charge in [-0.3, -0.25) is 0 Å². The standard InChI is InChI=1S/C65H40N4O/c1-3-13-41(14-4-1)43-23-27-45(28-24-43)63-66-64(46-29-25-44(26-30-46)42-15-5-2-6-16-42)68-65(67-63)52-32-34-58(55(37-52)51-31-33-54-53-21-11-12-22-61(53)70-62(54)40-51)69-59-38-49-19-9-7-17-47(49)35-56(59)57-36-48-18-8-10-20-50(48)39-60(57)69/h1-40H. The first kappa shape index (κ1) is 39.7. The number of furan rings is 1. The molecular weight excluding hydrogens is 853 g/mol. The van der Waals surface area contributed by atoms with Gasteiger partial charge in [0.05, 0.1) is 16.7 Å². The normalized spacial score (nSPS) is 11.7. The van der Waals surface area contributed by atoms with Gasteiger partial charge < -0.3 is 8.98 Å². The highest BCUT2D eigenvalue weighted by Gasteiger charge is 2.21. The van der Waals surface area contributed by atoms with Crippen LogP contribution in [0.25, 0.3) is 139 Å². The van der Waals surface area contributed by atoms with Crippen LogP contribution >= 0.6 is 0 Å². The molecule has 0 atom stereocenters. The summed E-state index contributed by atoms with van der Waals surface area (Å²) in [6.07, 6.45) is 0. The number of rotatable bonds is 7. The van der Waals surface area contributed by atoms with Gasteiger partial charge in [-0.25, -0.2) is 15.0 Å². The van der Waals surface area contributed by atoms with Crippen molar-refractivity contribution < 1.29 is 4.42 Å². The van der Waals surface area contributed by atoms with Crippen LogP contribution in [0.1, 0.15) is 0 Å². The molecule has 5 heteroatoms. The Balaban J connectivity index is 1.00. The van der Waals surface area contributed by atoms with Gasteiger partial charge in [0.1, 0.15) is 11.2 Å². The van der Waals surface area contributed by atoms with Gasteiger partial charge >= 0.3 is 0 Å². The van der Waals surface area contributed by atoms with Crippen LogP contribution in [-0.2, 0) is 0 Å². The second-order valence-corrected chi connectivity index (χ2v) is 18.0. The van der Waals surface area contributed by atoms with E-state index in [0.29, 0.717) is 17.5 Å². The predicted molar refractivity (Wildman–Crippen MR) is 289 cm³/mol. The lowest BCUT2D eigenvalue weighted by Crippen LogP contribution is -2.02. The molecule has 5 nitrogen and oxygen atoms in total. The Kier molecular flexibility index (Phi) is 9.14. The van der Waals surface area contributed by atoms with Gasteiger partial charge in [0.25, 0.3) is 0 Å². The molecule has 0 unspecified atom stereocenters. The molecule has 0 fully saturated rings. The minimum atomic E-state index is 0.580. The van der Waals surface area contributed by atoms with Crippen molar-refractivity contribution in [2.24, 2.45) is 0 Å². The smallest absolute Gasteiger partial charge is 0.164 e. The monoisotopic (exact) mass is 892 g/mol. The third kappa shape index (κ3) is 6.75. The number of fused-ring (bicyclic) bond motifs is 8. The first-order valence-corrected chi connectivity index (χ1v) is 23.7. The molecule has 0 aliphatic carbocycles. The van der Waals surface area contributed by atoms with Crippen molar-refractivity contribution >= 4 is 65.3 Å². The van der Waals surface area contributed by atoms with E-state index in [1.807, 2.05) is 24.3 Å². The van der Waals surface area contributed by atoms with E-state index >= 15 is 0 Å². The molecule has 0 bridgehead atoms. The molecule has 0 radical (unpaired) electrons. The SMILES string of the molecule is c1ccc(-c2ccc(-c3nc(-c4ccc(-c5ccccc5)cc4)nc(-c4ccc(-n5c6cc7ccccc7cc6c6cc7ccccc7cc65)c(-c5ccc6c(c5)oc5ccccc56)c4)n3)cc2)cc1. The molecule has 3 heterocycles. The maximum Gasteiger partial charge on any atom is 0.164 e. The lowest BCUT2D eigenvalue weighted by atomic mass is 9.98. The van der Waals surface area contributed by atoms with Crippen LogP contribution < -0.4 is 0 Å². The summed E-state index contributed by atoms with van der Waals surface area (Å²) in [4.78, 5) is 15.8. The molecule has 326 valence electrons. The van der Waals surface area contributed by atoms with Gasteiger partial charge in [-0.15, -0.1) is 0 Å². The highest BCUT2D eigenvalue weighted by molar-refractivity contribution is 6.17. The zero-order valence-electron chi connectivity index (χ0n) is 37.8. The summed E-state index contributed by atoms with van der Waals surface area (Å²) in [6, 6.07) is 86.0. The van der Waals surface area contributed by atoms with Crippen LogP contribution in [0.15, 0.2) is 247 Å². The zero-order valence-corrected chi connectivity index (χ0v) is 37.8. The van der Waals surface area contributed by atoms with Crippen LogP contribution in [0.2, 0.25) is 0 Å². The molecule has 0 spiro atoms. The largest absolute Gasteiger partial charge is 0.456 e. The summed E-state index contributed by atoms with van der Waals surface area (Å²) < 4.78 is 9.00. The fourth-order valence-corrected chi connectivity index (χ4v) is 10.3. The molecule has 11 aromatic carbocycles. The Morgan fingerprint density at radius 3 is 1.24 bits per heavy atom. The molecular formula is C65H40N4O. The van der Waals surface area contributed by atoms with Gasteiger partial charge in [-0.1, -0.05) is 182 Å². The van der Waals surface area contributed by atoms with Crippen molar-refractivity contribution in [3.05, 3.63) is 243 Å². The minimum Gasteiger partial charge on any atom is -0.456 e. The quantitative estimate of drug-likeness (QED) is 0.160. The number of para-hydroxylation sites is 1. The Labute approximate surface area is 403 Å². The third-order valence-corrected chi connectivity index (χ3v) is 13.8. The van der Waals surface area contributed by atoms with Crippen LogP contribution in [0.3, 0.4) is 0 Å². The number of hydrogen-bond donors (Lipinski definition) is 0. The Morgan fingerprint density at radius 1 is 0.271 bits per heavy atom. The van der Waals surface area contributed by atoms with Gasteiger partial charge in [-0.2, -0.15) is 0 Å². The summed E-state index contributed by atoms with van der Waals surface area (Å²) in [7, 11) is 0. The van der Waals surface area contributed by atoms with Crippen molar-refractivity contribution in [3.8, 4) is 73.2 Å². The number of hydrogen-bond acceptors (Lipinski definition) is 4. The Morgan fingerprint density at radius 2 is 0.686 bits per heavy atom. The summed E-state index contributed by atoms with van der Waals surface area (Å²) in [5, 5.41) is 9.36. The summed E-state index contributed by atoms with van der Waals surface area (Å²) in [5.41, 5.74) is 14.3. The first-order valence-electron chi connectivity index (χ1n) is 23.7. The summed E-state index contributed by atoms with van der Waals surface area (Å²) in [6.45, 7) is 0. The van der Waals surface area contributed by atoms with Crippen molar-refractivity contribution in [2.45, 2.75) is 0 Å². The van der Waals surface area contributed by atoms with E-state index in [1.165, 1.54) is 32.3 Å². The first-order chi connectivity index (χ1) is 34.6. The van der Waals surface area contributed by atoms with Gasteiger partial charge in [0.15, 0.2) is 17.5 Å². The second kappa shape index (κ2) is 16.1. The number of aromatic nitrogens is 4. The van der Waals surface area contributed by atoms with Crippen molar-refractivity contribution in [1.29, 1.82) is 0 Å². The van der Waals surface area contributed by atoms with Gasteiger partial charge in [0.2, 0.25) is 0 Å². The molecule has 0 saturated carbocycles. The van der Waals surface area contributed by atoms with E-state index in [4.69, 9.17) is 19.4 Å². The van der Waals surface area contributed by atoms with Crippen molar-refractivity contribution in [3.63, 3.8) is 0 Å². The number of benzene rings is 11. The molecule has 0 aliphatic rings. The molecule has 0 amide bonds. The fourth-order valence-electron chi connectivity index (χ4n) is 10.3. The minimum absolute atomic E-state index is 0.580. The van der Waals surface area contributed by atoms with Crippen molar-refractivity contribution in [2.75, 3.05) is 0 Å². The fraction of sp³-hybridized carbons (Fsp3) is 0. The average molecular weight is 893 g/mol. The highest BCUT2D eigenvalue weighted by Crippen LogP contribution is 2.42. The van der Waals surface area contributed by atoms with Gasteiger partial charge in [0, 0.05) is 43.8 Å². The predicted octanol–water partition coefficient (Wildman–Crippen LogP) is 17.2. The molecule has 14 rings (SSSR count). The zero-order chi connectivity index (χ0) is 46.1. The lowest BCUT2D eigenvalue weighted by Gasteiger charge is -2.17. The lowest BCUT2D eigenvalue weighted by molar-refractivity contribution is 0.669. The third-order valence-electron chi connectivity index (χ3n) is 13.8. The van der Waals surface area contributed by atoms with E-state index < -0.39 is 0 Å². The van der Waals surface area contributed by atoms with E-state index in [1.54, 1.807) is 0 Å².